The van der Waals surface area contributed by atoms with E-state index in [1.54, 1.807) is 16.6 Å². The Morgan fingerprint density at radius 3 is 2.83 bits per heavy atom. The van der Waals surface area contributed by atoms with Crippen molar-refractivity contribution in [1.82, 2.24) is 24.8 Å². The molecule has 0 N–H and O–H groups in total. The zero-order valence-corrected chi connectivity index (χ0v) is 17.1. The molecule has 0 radical (unpaired) electrons. The Balaban J connectivity index is 1.52. The SMILES string of the molecule is Cc1nn(C)c(-c2noc([C@H]3CCCCN3C(=O)COc3ccccc3)n2)c1Cl. The predicted octanol–water partition coefficient (Wildman–Crippen LogP) is 3.56. The van der Waals surface area contributed by atoms with E-state index in [-0.39, 0.29) is 18.6 Å². The molecule has 8 nitrogen and oxygen atoms in total. The second kappa shape index (κ2) is 8.24. The van der Waals surface area contributed by atoms with Crippen LogP contribution >= 0.6 is 11.6 Å². The van der Waals surface area contributed by atoms with E-state index in [9.17, 15) is 4.79 Å². The van der Waals surface area contributed by atoms with Crippen molar-refractivity contribution in [3.05, 3.63) is 46.9 Å². The fourth-order valence-corrected chi connectivity index (χ4v) is 3.82. The van der Waals surface area contributed by atoms with E-state index in [4.69, 9.17) is 20.9 Å². The number of nitrogens with zero attached hydrogens (tertiary/aromatic N) is 5. The minimum Gasteiger partial charge on any atom is -0.484 e. The van der Waals surface area contributed by atoms with Gasteiger partial charge in [0.25, 0.3) is 5.91 Å². The Morgan fingerprint density at radius 2 is 2.10 bits per heavy atom. The number of hydrogen-bond donors (Lipinski definition) is 0. The quantitative estimate of drug-likeness (QED) is 0.633. The molecule has 1 amide bonds. The molecular formula is C20H22ClN5O3. The summed E-state index contributed by atoms with van der Waals surface area (Å²) in [6, 6.07) is 9.02. The summed E-state index contributed by atoms with van der Waals surface area (Å²) in [6.07, 6.45) is 2.68. The monoisotopic (exact) mass is 415 g/mol. The number of aromatic nitrogens is 4. The summed E-state index contributed by atoms with van der Waals surface area (Å²) in [5, 5.41) is 8.86. The van der Waals surface area contributed by atoms with Crippen LogP contribution in [0.5, 0.6) is 5.75 Å². The van der Waals surface area contributed by atoms with E-state index >= 15 is 0 Å². The molecule has 1 aliphatic rings. The van der Waals surface area contributed by atoms with Crippen LogP contribution in [-0.2, 0) is 11.8 Å². The molecule has 9 heteroatoms. The summed E-state index contributed by atoms with van der Waals surface area (Å²) in [7, 11) is 1.78. The molecule has 3 aromatic rings. The highest BCUT2D eigenvalue weighted by atomic mass is 35.5. The third-order valence-corrected chi connectivity index (χ3v) is 5.47. The van der Waals surface area contributed by atoms with Gasteiger partial charge in [0.05, 0.1) is 10.7 Å². The Morgan fingerprint density at radius 1 is 1.31 bits per heavy atom. The molecule has 1 aromatic carbocycles. The van der Waals surface area contributed by atoms with Gasteiger partial charge in [0.2, 0.25) is 11.7 Å². The number of hydrogen-bond acceptors (Lipinski definition) is 6. The summed E-state index contributed by atoms with van der Waals surface area (Å²) in [5.74, 6) is 1.33. The van der Waals surface area contributed by atoms with Gasteiger partial charge in [-0.25, -0.2) is 0 Å². The molecule has 3 heterocycles. The van der Waals surface area contributed by atoms with Gasteiger partial charge in [-0.3, -0.25) is 9.48 Å². The van der Waals surface area contributed by atoms with Crippen molar-refractivity contribution in [2.75, 3.05) is 13.2 Å². The highest BCUT2D eigenvalue weighted by molar-refractivity contribution is 6.33. The lowest BCUT2D eigenvalue weighted by molar-refractivity contribution is -0.138. The maximum absolute atomic E-state index is 12.8. The average Bonchev–Trinajstić information content (AvgIpc) is 3.31. The molecule has 0 aliphatic carbocycles. The van der Waals surface area contributed by atoms with Crippen LogP contribution in [0.25, 0.3) is 11.5 Å². The van der Waals surface area contributed by atoms with E-state index in [1.165, 1.54) is 0 Å². The highest BCUT2D eigenvalue weighted by Crippen LogP contribution is 2.33. The predicted molar refractivity (Wildman–Crippen MR) is 106 cm³/mol. The summed E-state index contributed by atoms with van der Waals surface area (Å²) >= 11 is 6.34. The Hall–Kier alpha value is -2.87. The minimum absolute atomic E-state index is 0.0335. The van der Waals surface area contributed by atoms with Gasteiger partial charge in [-0.2, -0.15) is 10.1 Å². The molecule has 0 saturated carbocycles. The zero-order valence-electron chi connectivity index (χ0n) is 16.3. The highest BCUT2D eigenvalue weighted by Gasteiger charge is 2.33. The molecule has 1 fully saturated rings. The van der Waals surface area contributed by atoms with Crippen molar-refractivity contribution < 1.29 is 14.1 Å². The first-order chi connectivity index (χ1) is 14.0. The molecule has 2 aromatic heterocycles. The van der Waals surface area contributed by atoms with Crippen LogP contribution in [0.1, 0.15) is 36.9 Å². The Labute approximate surface area is 173 Å². The number of piperidine rings is 1. The molecule has 1 aliphatic heterocycles. The van der Waals surface area contributed by atoms with Crippen molar-refractivity contribution in [2.45, 2.75) is 32.2 Å². The Kier molecular flexibility index (Phi) is 5.53. The third kappa shape index (κ3) is 3.98. The van der Waals surface area contributed by atoms with Gasteiger partial charge < -0.3 is 14.2 Å². The minimum atomic E-state index is -0.273. The standard InChI is InChI=1S/C20H22ClN5O3/c1-13-17(21)18(25(2)23-13)19-22-20(29-24-19)15-10-6-7-11-26(15)16(27)12-28-14-8-4-3-5-9-14/h3-5,8-9,15H,6-7,10-12H2,1-2H3/t15-/m1/s1. The first-order valence-electron chi connectivity index (χ1n) is 9.55. The number of aryl methyl sites for hydroxylation is 2. The molecule has 1 atom stereocenters. The average molecular weight is 416 g/mol. The fraction of sp³-hybridized carbons (Fsp3) is 0.400. The molecule has 29 heavy (non-hydrogen) atoms. The topological polar surface area (TPSA) is 86.3 Å². The number of benzene rings is 1. The van der Waals surface area contributed by atoms with Crippen LogP contribution < -0.4 is 4.74 Å². The largest absolute Gasteiger partial charge is 0.484 e. The lowest BCUT2D eigenvalue weighted by Gasteiger charge is -2.33. The number of carbonyl (C=O) groups excluding carboxylic acids is 1. The van der Waals surface area contributed by atoms with Crippen molar-refractivity contribution in [2.24, 2.45) is 7.05 Å². The smallest absolute Gasteiger partial charge is 0.261 e. The van der Waals surface area contributed by atoms with Gasteiger partial charge in [0.1, 0.15) is 17.5 Å². The van der Waals surface area contributed by atoms with E-state index in [0.29, 0.717) is 40.4 Å². The molecule has 1 saturated heterocycles. The number of para-hydroxylation sites is 1. The van der Waals surface area contributed by atoms with Gasteiger partial charge in [0, 0.05) is 13.6 Å². The van der Waals surface area contributed by atoms with Crippen molar-refractivity contribution >= 4 is 17.5 Å². The van der Waals surface area contributed by atoms with E-state index < -0.39 is 0 Å². The first-order valence-corrected chi connectivity index (χ1v) is 9.93. The molecular weight excluding hydrogens is 394 g/mol. The zero-order chi connectivity index (χ0) is 20.4. The number of likely N-dealkylation sites (tertiary alicyclic amines) is 1. The van der Waals surface area contributed by atoms with E-state index in [0.717, 1.165) is 19.3 Å². The molecule has 0 spiro atoms. The van der Waals surface area contributed by atoms with Crippen LogP contribution in [0, 0.1) is 6.92 Å². The first kappa shape index (κ1) is 19.4. The van der Waals surface area contributed by atoms with Gasteiger partial charge in [-0.15, -0.1) is 0 Å². The lowest BCUT2D eigenvalue weighted by Crippen LogP contribution is -2.41. The molecule has 152 valence electrons. The van der Waals surface area contributed by atoms with Gasteiger partial charge in [0.15, 0.2) is 6.61 Å². The summed E-state index contributed by atoms with van der Waals surface area (Å²) in [6.45, 7) is 2.42. The molecule has 4 rings (SSSR count). The van der Waals surface area contributed by atoms with Crippen LogP contribution in [0.2, 0.25) is 5.02 Å². The number of rotatable bonds is 5. The third-order valence-electron chi connectivity index (χ3n) is 5.02. The number of halogens is 1. The lowest BCUT2D eigenvalue weighted by atomic mass is 10.0. The van der Waals surface area contributed by atoms with Crippen LogP contribution in [0.4, 0.5) is 0 Å². The van der Waals surface area contributed by atoms with Crippen molar-refractivity contribution in [3.8, 4) is 17.3 Å². The second-order valence-corrected chi connectivity index (χ2v) is 7.41. The van der Waals surface area contributed by atoms with Crippen molar-refractivity contribution in [3.63, 3.8) is 0 Å². The van der Waals surface area contributed by atoms with E-state index in [1.807, 2.05) is 37.3 Å². The maximum Gasteiger partial charge on any atom is 0.261 e. The maximum atomic E-state index is 12.8. The summed E-state index contributed by atoms with van der Waals surface area (Å²) in [5.41, 5.74) is 1.29. The second-order valence-electron chi connectivity index (χ2n) is 7.03. The van der Waals surface area contributed by atoms with Gasteiger partial charge >= 0.3 is 0 Å². The van der Waals surface area contributed by atoms with Crippen LogP contribution in [0.15, 0.2) is 34.9 Å². The molecule has 0 unspecified atom stereocenters. The number of amides is 1. The van der Waals surface area contributed by atoms with Crippen LogP contribution in [0.3, 0.4) is 0 Å². The summed E-state index contributed by atoms with van der Waals surface area (Å²) in [4.78, 5) is 19.1. The fourth-order valence-electron chi connectivity index (χ4n) is 3.57. The normalized spacial score (nSPS) is 16.8. The molecule has 0 bridgehead atoms. The van der Waals surface area contributed by atoms with E-state index in [2.05, 4.69) is 15.2 Å². The number of carbonyl (C=O) groups is 1. The van der Waals surface area contributed by atoms with Crippen LogP contribution in [-0.4, -0.2) is 43.9 Å². The summed E-state index contributed by atoms with van der Waals surface area (Å²) < 4.78 is 12.8. The Bertz CT molecular complexity index is 1000. The van der Waals surface area contributed by atoms with Crippen molar-refractivity contribution in [1.29, 1.82) is 0 Å². The van der Waals surface area contributed by atoms with Gasteiger partial charge in [-0.05, 0) is 38.3 Å². The van der Waals surface area contributed by atoms with Gasteiger partial charge in [-0.1, -0.05) is 35.0 Å². The number of ether oxygens (including phenoxy) is 1.